The molecule has 9 aromatic rings. The highest BCUT2D eigenvalue weighted by atomic mass is 19.1. The van der Waals surface area contributed by atoms with Gasteiger partial charge in [-0.2, -0.15) is 0 Å². The van der Waals surface area contributed by atoms with Crippen molar-refractivity contribution in [3.63, 3.8) is 0 Å². The number of ether oxygens (including phenoxy) is 2. The number of aliphatic hydroxyl groups excluding tert-OH is 1. The van der Waals surface area contributed by atoms with E-state index in [0.717, 1.165) is 89.8 Å². The van der Waals surface area contributed by atoms with E-state index in [1.165, 1.54) is 19.2 Å². The molecule has 3 N–H and O–H groups in total. The number of nitrogens with zero attached hydrogens (tertiary/aromatic N) is 9. The van der Waals surface area contributed by atoms with Crippen molar-refractivity contribution < 1.29 is 28.2 Å². The van der Waals surface area contributed by atoms with Crippen molar-refractivity contribution in [1.82, 2.24) is 54.8 Å². The zero-order valence-electron chi connectivity index (χ0n) is 39.8. The maximum absolute atomic E-state index is 15.0. The highest BCUT2D eigenvalue weighted by Gasteiger charge is 2.52. The predicted molar refractivity (Wildman–Crippen MR) is 263 cm³/mol. The number of benzene rings is 4. The first-order chi connectivity index (χ1) is 34.5. The smallest absolute Gasteiger partial charge is 0.337 e. The summed E-state index contributed by atoms with van der Waals surface area (Å²) >= 11 is 0. The molecule has 0 radical (unpaired) electrons. The van der Waals surface area contributed by atoms with Crippen molar-refractivity contribution in [3.05, 3.63) is 132 Å². The first-order valence-electron chi connectivity index (χ1n) is 24.1. The van der Waals surface area contributed by atoms with Gasteiger partial charge in [0.25, 0.3) is 0 Å². The van der Waals surface area contributed by atoms with Gasteiger partial charge in [-0.15, -0.1) is 20.4 Å². The van der Waals surface area contributed by atoms with E-state index in [1.54, 1.807) is 42.5 Å². The van der Waals surface area contributed by atoms with Gasteiger partial charge in [0.1, 0.15) is 35.5 Å². The minimum atomic E-state index is -0.443. The van der Waals surface area contributed by atoms with Crippen LogP contribution in [0.2, 0.25) is 0 Å². The summed E-state index contributed by atoms with van der Waals surface area (Å²) in [5.41, 5.74) is 9.51. The second-order valence-corrected chi connectivity index (χ2v) is 19.6. The summed E-state index contributed by atoms with van der Waals surface area (Å²) in [5, 5.41) is 31.4. The number of rotatable bonds is 14. The number of fused-ring (bicyclic) bond motifs is 2. The molecule has 4 aromatic carbocycles. The van der Waals surface area contributed by atoms with Crippen LogP contribution in [0.25, 0.3) is 67.6 Å². The van der Waals surface area contributed by atoms with Gasteiger partial charge in [0.2, 0.25) is 5.89 Å². The first-order valence-corrected chi connectivity index (χ1v) is 24.1. The van der Waals surface area contributed by atoms with E-state index in [0.29, 0.717) is 75.1 Å². The lowest BCUT2D eigenvalue weighted by Gasteiger charge is -2.47. The molecule has 3 saturated carbocycles. The summed E-state index contributed by atoms with van der Waals surface area (Å²) in [4.78, 5) is 31.0. The zero-order valence-corrected chi connectivity index (χ0v) is 39.8. The van der Waals surface area contributed by atoms with Crippen LogP contribution in [0.5, 0.6) is 5.75 Å². The highest BCUT2D eigenvalue weighted by Crippen LogP contribution is 2.59. The largest absolute Gasteiger partial charge is 0.493 e. The number of oxazole rings is 1. The number of hydrogen-bond acceptors (Lipinski definition) is 13. The molecule has 0 bridgehead atoms. The van der Waals surface area contributed by atoms with Crippen LogP contribution in [0.3, 0.4) is 0 Å². The maximum Gasteiger partial charge on any atom is 0.337 e. The maximum atomic E-state index is 15.0. The number of aliphatic hydroxyl groups is 1. The van der Waals surface area contributed by atoms with Crippen molar-refractivity contribution in [2.75, 3.05) is 14.2 Å². The Kier molecular flexibility index (Phi) is 11.1. The fourth-order valence-electron chi connectivity index (χ4n) is 11.3. The van der Waals surface area contributed by atoms with Gasteiger partial charge in [-0.05, 0) is 146 Å². The van der Waals surface area contributed by atoms with E-state index >= 15 is 0 Å². The number of imidazole rings is 1. The quantitative estimate of drug-likeness (QED) is 0.0875. The molecule has 12 rings (SSSR count). The molecule has 17 heteroatoms. The average Bonchev–Trinajstić information content (AvgIpc) is 3.98. The molecule has 4 atom stereocenters. The summed E-state index contributed by atoms with van der Waals surface area (Å²) in [6.07, 6.45) is 9.61. The molecule has 5 aromatic heterocycles. The van der Waals surface area contributed by atoms with Crippen molar-refractivity contribution in [1.29, 1.82) is 0 Å². The topological polar surface area (TPSA) is 197 Å². The van der Waals surface area contributed by atoms with Gasteiger partial charge in [-0.25, -0.2) is 24.1 Å². The Morgan fingerprint density at radius 1 is 0.901 bits per heavy atom. The Labute approximate surface area is 407 Å². The normalized spacial score (nSPS) is 21.7. The molecule has 71 heavy (non-hydrogen) atoms. The zero-order chi connectivity index (χ0) is 48.5. The predicted octanol–water partition coefficient (Wildman–Crippen LogP) is 8.85. The molecular weight excluding hydrogens is 902 g/mol. The summed E-state index contributed by atoms with van der Waals surface area (Å²) < 4.78 is 36.0. The van der Waals surface area contributed by atoms with Crippen LogP contribution in [-0.2, 0) is 30.8 Å². The van der Waals surface area contributed by atoms with E-state index in [4.69, 9.17) is 33.9 Å². The number of carbonyl (C=O) groups is 1. The van der Waals surface area contributed by atoms with Crippen LogP contribution in [0.15, 0.2) is 102 Å². The molecule has 3 fully saturated rings. The molecule has 2 unspecified atom stereocenters. The lowest BCUT2D eigenvalue weighted by Crippen LogP contribution is -2.44. The third-order valence-electron chi connectivity index (χ3n) is 15.0. The molecule has 5 heterocycles. The van der Waals surface area contributed by atoms with Crippen molar-refractivity contribution in [2.24, 2.45) is 25.9 Å². The Balaban J connectivity index is 0.829. The Morgan fingerprint density at radius 2 is 1.76 bits per heavy atom. The molecule has 3 aliphatic rings. The van der Waals surface area contributed by atoms with Gasteiger partial charge in [0, 0.05) is 49.4 Å². The van der Waals surface area contributed by atoms with Crippen molar-refractivity contribution >= 4 is 28.1 Å². The molecule has 3 aliphatic carbocycles. The van der Waals surface area contributed by atoms with Crippen LogP contribution < -0.4 is 10.1 Å². The molecule has 0 aliphatic heterocycles. The highest BCUT2D eigenvalue weighted by molar-refractivity contribution is 5.94. The van der Waals surface area contributed by atoms with Gasteiger partial charge in [-0.3, -0.25) is 0 Å². The number of hydrogen-bond donors (Lipinski definition) is 3. The van der Waals surface area contributed by atoms with E-state index < -0.39 is 5.97 Å². The number of methoxy groups -OCH3 is 2. The molecule has 16 nitrogen and oxygen atoms in total. The summed E-state index contributed by atoms with van der Waals surface area (Å²) in [6, 6.07) is 26.6. The fraction of sp³-hybridized carbons (Fsp3) is 0.333. The molecular formula is C54H52FN11O5. The number of aromatic amines is 1. The van der Waals surface area contributed by atoms with E-state index in [-0.39, 0.29) is 29.3 Å². The number of carbonyl (C=O) groups excluding carboxylic acids is 1. The molecule has 0 amide bonds. The Bertz CT molecular complexity index is 3500. The Hall–Kier alpha value is -7.63. The van der Waals surface area contributed by atoms with Gasteiger partial charge < -0.3 is 38.4 Å². The number of aryl methyl sites for hydroxylation is 2. The third-order valence-corrected chi connectivity index (χ3v) is 15.0. The number of H-pyrrole nitrogens is 1. The number of pyridine rings is 1. The van der Waals surface area contributed by atoms with Gasteiger partial charge in [0.15, 0.2) is 23.0 Å². The molecule has 0 saturated heterocycles. The summed E-state index contributed by atoms with van der Waals surface area (Å²) in [6.45, 7) is 0.587. The van der Waals surface area contributed by atoms with Crippen LogP contribution in [0, 0.1) is 17.7 Å². The Morgan fingerprint density at radius 3 is 2.54 bits per heavy atom. The van der Waals surface area contributed by atoms with Crippen molar-refractivity contribution in [3.8, 4) is 51.2 Å². The second kappa shape index (κ2) is 17.6. The fourth-order valence-corrected chi connectivity index (χ4v) is 11.3. The van der Waals surface area contributed by atoms with E-state index in [2.05, 4.69) is 49.9 Å². The lowest BCUT2D eigenvalue weighted by molar-refractivity contribution is 0.0601. The molecule has 0 spiro atoms. The van der Waals surface area contributed by atoms with Gasteiger partial charge in [-0.1, -0.05) is 18.2 Å². The first kappa shape index (κ1) is 44.6. The monoisotopic (exact) mass is 953 g/mol. The minimum Gasteiger partial charge on any atom is -0.493 e. The second-order valence-electron chi connectivity index (χ2n) is 19.6. The minimum absolute atomic E-state index is 0.0779. The summed E-state index contributed by atoms with van der Waals surface area (Å²) in [7, 11) is 6.84. The summed E-state index contributed by atoms with van der Waals surface area (Å²) in [5.74, 6) is 3.31. The number of esters is 1. The molecule has 360 valence electrons. The number of nitrogens with one attached hydrogen (secondary N) is 2. The lowest BCUT2D eigenvalue weighted by atomic mass is 9.56. The standard InChI is InChI=1S/C54H52FN11O5/c1-65-27-57-63-50(65)39-23-36(55)12-13-37(39)34-21-42(59-45(22-34)49-60-40-14-11-32(52(68)70-4)20-43(40)61-49)38-19-33(38)15-30-24-54(25-30,53-64-58-28-66(53)2)35-8-5-7-31(18-35)51-62-44-16-29(17-47(69-3)48(44)71-51)26-56-41-9-6-10-46(41)67/h5,7-8,11-14,16-18,20-23,27-28,30,33,38,41,46,56,67H,6,9-10,15,19,24-26H2,1-4H3,(H,60,61)/t30-,33?,38?,41-,46+,54+/m1/s1. The number of halogens is 1. The van der Waals surface area contributed by atoms with E-state index in [1.807, 2.05) is 49.0 Å². The van der Waals surface area contributed by atoms with Gasteiger partial charge >= 0.3 is 5.97 Å². The van der Waals surface area contributed by atoms with Crippen LogP contribution in [0.1, 0.15) is 83.9 Å². The number of aromatic nitrogens is 10. The SMILES string of the molecule is COC(=O)c1ccc2[nH]c(-c3cc(-c4ccc(F)cc4-c4nncn4C)cc(C4CC4C[C@H]4C[C@@](c5cccc(-c6nc7cc(CN[C@@H]8CCC[C@@H]8O)cc(OC)c7o6)c5)(c5nncn5C)C4)n3)nc2c1. The van der Waals surface area contributed by atoms with E-state index in [9.17, 15) is 14.3 Å². The average molecular weight is 954 g/mol. The van der Waals surface area contributed by atoms with Crippen LogP contribution in [0.4, 0.5) is 4.39 Å². The van der Waals surface area contributed by atoms with Crippen LogP contribution >= 0.6 is 0 Å². The van der Waals surface area contributed by atoms with Crippen molar-refractivity contribution in [2.45, 2.75) is 75.0 Å². The third kappa shape index (κ3) is 8.11. The van der Waals surface area contributed by atoms with Crippen LogP contribution in [-0.4, -0.2) is 86.9 Å². The van der Waals surface area contributed by atoms with Gasteiger partial charge in [0.05, 0.1) is 42.3 Å².